The first-order chi connectivity index (χ1) is 13.7. The molecular formula is C27H44O2. The van der Waals surface area contributed by atoms with Crippen LogP contribution in [-0.4, -0.2) is 10.7 Å². The third-order valence-corrected chi connectivity index (χ3v) is 6.44. The zero-order valence-corrected chi connectivity index (χ0v) is 19.8. The molecule has 2 rings (SSSR count). The second-order valence-electron chi connectivity index (χ2n) is 10.3. The lowest BCUT2D eigenvalue weighted by Crippen LogP contribution is -2.34. The van der Waals surface area contributed by atoms with Gasteiger partial charge in [-0.3, -0.25) is 0 Å². The van der Waals surface area contributed by atoms with Crippen molar-refractivity contribution < 1.29 is 9.84 Å². The van der Waals surface area contributed by atoms with Gasteiger partial charge in [0.1, 0.15) is 17.1 Å². The lowest BCUT2D eigenvalue weighted by atomic mass is 9.89. The van der Waals surface area contributed by atoms with Crippen LogP contribution in [0.1, 0.15) is 97.1 Å². The third kappa shape index (κ3) is 8.07. The highest BCUT2D eigenvalue weighted by molar-refractivity contribution is 5.48. The average molecular weight is 401 g/mol. The van der Waals surface area contributed by atoms with Gasteiger partial charge < -0.3 is 9.84 Å². The number of phenols is 1. The average Bonchev–Trinajstić information content (AvgIpc) is 2.62. The van der Waals surface area contributed by atoms with Crippen LogP contribution in [0.15, 0.2) is 24.3 Å². The topological polar surface area (TPSA) is 29.5 Å². The monoisotopic (exact) mass is 400 g/mol. The molecule has 0 saturated heterocycles. The Morgan fingerprint density at radius 3 is 2.38 bits per heavy atom. The maximum atomic E-state index is 9.80. The molecule has 0 radical (unpaired) electrons. The van der Waals surface area contributed by atoms with Gasteiger partial charge in [0.15, 0.2) is 0 Å². The molecule has 0 aromatic heterocycles. The molecule has 0 spiro atoms. The van der Waals surface area contributed by atoms with E-state index in [9.17, 15) is 5.11 Å². The van der Waals surface area contributed by atoms with Crippen LogP contribution in [0.5, 0.6) is 11.5 Å². The van der Waals surface area contributed by atoms with Gasteiger partial charge in [0.25, 0.3) is 0 Å². The molecule has 1 heterocycles. The first-order valence-electron chi connectivity index (χ1n) is 11.9. The highest BCUT2D eigenvalue weighted by Crippen LogP contribution is 2.38. The number of benzene rings is 1. The Labute approximate surface area is 179 Å². The molecule has 1 N–H and O–H groups in total. The Kier molecular flexibility index (Phi) is 9.11. The second-order valence-corrected chi connectivity index (χ2v) is 10.3. The van der Waals surface area contributed by atoms with Crippen molar-refractivity contribution in [1.82, 2.24) is 0 Å². The molecule has 1 aromatic carbocycles. The number of ether oxygens (including phenoxy) is 1. The van der Waals surface area contributed by atoms with E-state index in [1.54, 1.807) is 6.07 Å². The van der Waals surface area contributed by atoms with E-state index < -0.39 is 0 Å². The fourth-order valence-corrected chi connectivity index (χ4v) is 4.44. The predicted octanol–water partition coefficient (Wildman–Crippen LogP) is 8.00. The van der Waals surface area contributed by atoms with Crippen LogP contribution in [0, 0.1) is 24.7 Å². The van der Waals surface area contributed by atoms with E-state index in [0.717, 1.165) is 53.9 Å². The normalized spacial score (nSPS) is 21.2. The Bertz CT molecular complexity index is 661. The van der Waals surface area contributed by atoms with Crippen LogP contribution >= 0.6 is 0 Å². The van der Waals surface area contributed by atoms with E-state index in [-0.39, 0.29) is 5.60 Å². The number of hydrogen-bond acceptors (Lipinski definition) is 2. The van der Waals surface area contributed by atoms with Crippen LogP contribution in [-0.2, 0) is 6.42 Å². The number of aryl methyl sites for hydroxylation is 2. The van der Waals surface area contributed by atoms with Crippen LogP contribution in [0.2, 0.25) is 0 Å². The summed E-state index contributed by atoms with van der Waals surface area (Å²) in [5.41, 5.74) is 1.92. The molecule has 3 unspecified atom stereocenters. The second kappa shape index (κ2) is 11.1. The molecule has 0 amide bonds. The van der Waals surface area contributed by atoms with Gasteiger partial charge in [-0.25, -0.2) is 0 Å². The van der Waals surface area contributed by atoms with Gasteiger partial charge in [-0.2, -0.15) is 0 Å². The molecule has 1 aromatic rings. The van der Waals surface area contributed by atoms with E-state index in [2.05, 4.69) is 46.8 Å². The standard InChI is InChI=1S/C27H44O2/c1-20(2)10-7-11-21(3)12-8-13-22(4)14-9-16-27(6)17-15-24-19-25(28)18-23(5)26(24)29-27/h9,16,18-22,28H,7-8,10-15,17H2,1-6H3. The predicted molar refractivity (Wildman–Crippen MR) is 125 cm³/mol. The zero-order valence-electron chi connectivity index (χ0n) is 19.8. The maximum Gasteiger partial charge on any atom is 0.126 e. The number of allylic oxidation sites excluding steroid dienone is 1. The number of rotatable bonds is 11. The van der Waals surface area contributed by atoms with Crippen molar-refractivity contribution in [1.29, 1.82) is 0 Å². The van der Waals surface area contributed by atoms with Gasteiger partial charge in [-0.1, -0.05) is 72.3 Å². The molecule has 2 heteroatoms. The van der Waals surface area contributed by atoms with Crippen molar-refractivity contribution in [2.24, 2.45) is 17.8 Å². The Hall–Kier alpha value is -1.44. The minimum atomic E-state index is -0.237. The minimum absolute atomic E-state index is 0.237. The number of aromatic hydroxyl groups is 1. The van der Waals surface area contributed by atoms with Crippen LogP contribution in [0.25, 0.3) is 0 Å². The Morgan fingerprint density at radius 2 is 1.69 bits per heavy atom. The fourth-order valence-electron chi connectivity index (χ4n) is 4.44. The van der Waals surface area contributed by atoms with E-state index in [0.29, 0.717) is 5.75 Å². The number of hydrogen-bond donors (Lipinski definition) is 1. The molecule has 0 aliphatic carbocycles. The molecule has 3 atom stereocenters. The molecule has 0 bridgehead atoms. The molecule has 0 fully saturated rings. The van der Waals surface area contributed by atoms with Crippen molar-refractivity contribution >= 4 is 0 Å². The summed E-state index contributed by atoms with van der Waals surface area (Å²) >= 11 is 0. The summed E-state index contributed by atoms with van der Waals surface area (Å²) in [6, 6.07) is 3.64. The summed E-state index contributed by atoms with van der Waals surface area (Å²) in [6.45, 7) is 13.6. The maximum absolute atomic E-state index is 9.80. The van der Waals surface area contributed by atoms with Gasteiger partial charge in [-0.05, 0) is 80.2 Å². The van der Waals surface area contributed by atoms with Gasteiger partial charge >= 0.3 is 0 Å². The fraction of sp³-hybridized carbons (Fsp3) is 0.704. The van der Waals surface area contributed by atoms with Crippen molar-refractivity contribution in [3.05, 3.63) is 35.4 Å². The molecule has 0 saturated carbocycles. The quantitative estimate of drug-likeness (QED) is 0.381. The van der Waals surface area contributed by atoms with Crippen molar-refractivity contribution in [3.8, 4) is 11.5 Å². The Morgan fingerprint density at radius 1 is 1.03 bits per heavy atom. The zero-order chi connectivity index (χ0) is 21.4. The molecular weight excluding hydrogens is 356 g/mol. The van der Waals surface area contributed by atoms with E-state index in [1.807, 2.05) is 13.0 Å². The van der Waals surface area contributed by atoms with Gasteiger partial charge in [-0.15, -0.1) is 0 Å². The first-order valence-corrected chi connectivity index (χ1v) is 11.9. The SMILES string of the molecule is Cc1cc(O)cc2c1OC(C)(C=CCC(C)CCCC(C)CCCC(C)C)CC2. The molecule has 1 aliphatic rings. The van der Waals surface area contributed by atoms with Crippen molar-refractivity contribution in [2.75, 3.05) is 0 Å². The van der Waals surface area contributed by atoms with Crippen LogP contribution in [0.3, 0.4) is 0 Å². The smallest absolute Gasteiger partial charge is 0.126 e. The molecule has 1 aliphatic heterocycles. The lowest BCUT2D eigenvalue weighted by Gasteiger charge is -2.34. The summed E-state index contributed by atoms with van der Waals surface area (Å²) in [7, 11) is 0. The Balaban J connectivity index is 1.72. The minimum Gasteiger partial charge on any atom is -0.508 e. The molecule has 29 heavy (non-hydrogen) atoms. The number of fused-ring (bicyclic) bond motifs is 1. The summed E-state index contributed by atoms with van der Waals surface area (Å²) in [5, 5.41) is 9.80. The largest absolute Gasteiger partial charge is 0.508 e. The van der Waals surface area contributed by atoms with E-state index >= 15 is 0 Å². The van der Waals surface area contributed by atoms with Crippen molar-refractivity contribution in [2.45, 2.75) is 105 Å². The summed E-state index contributed by atoms with van der Waals surface area (Å²) < 4.78 is 6.36. The van der Waals surface area contributed by atoms with Crippen LogP contribution in [0.4, 0.5) is 0 Å². The van der Waals surface area contributed by atoms with Crippen LogP contribution < -0.4 is 4.74 Å². The van der Waals surface area contributed by atoms with Gasteiger partial charge in [0.05, 0.1) is 0 Å². The molecule has 2 nitrogen and oxygen atoms in total. The number of phenolic OH excluding ortho intramolecular Hbond substituents is 1. The molecule has 164 valence electrons. The van der Waals surface area contributed by atoms with Crippen molar-refractivity contribution in [3.63, 3.8) is 0 Å². The highest BCUT2D eigenvalue weighted by atomic mass is 16.5. The third-order valence-electron chi connectivity index (χ3n) is 6.44. The highest BCUT2D eigenvalue weighted by Gasteiger charge is 2.30. The summed E-state index contributed by atoms with van der Waals surface area (Å²) in [4.78, 5) is 0. The lowest BCUT2D eigenvalue weighted by molar-refractivity contribution is 0.112. The summed E-state index contributed by atoms with van der Waals surface area (Å²) in [5.74, 6) is 3.74. The van der Waals surface area contributed by atoms with Gasteiger partial charge in [0.2, 0.25) is 0 Å². The van der Waals surface area contributed by atoms with E-state index in [1.165, 1.54) is 38.5 Å². The summed E-state index contributed by atoms with van der Waals surface area (Å²) in [6.07, 6.45) is 15.8. The first kappa shape index (κ1) is 23.8. The van der Waals surface area contributed by atoms with Gasteiger partial charge in [0, 0.05) is 0 Å². The van der Waals surface area contributed by atoms with E-state index in [4.69, 9.17) is 4.74 Å².